The summed E-state index contributed by atoms with van der Waals surface area (Å²) in [7, 11) is 0. The lowest BCUT2D eigenvalue weighted by Crippen LogP contribution is -2.14. The summed E-state index contributed by atoms with van der Waals surface area (Å²) in [6.45, 7) is 0. The van der Waals surface area contributed by atoms with Crippen LogP contribution in [0.25, 0.3) is 22.5 Å². The van der Waals surface area contributed by atoms with Crippen LogP contribution in [-0.2, 0) is 11.2 Å². The summed E-state index contributed by atoms with van der Waals surface area (Å²) in [5.41, 5.74) is 3.14. The van der Waals surface area contributed by atoms with Crippen LogP contribution in [0.1, 0.15) is 5.56 Å². The van der Waals surface area contributed by atoms with Crippen LogP contribution in [0.2, 0.25) is 10.0 Å². The molecular weight excluding hydrogens is 411 g/mol. The van der Waals surface area contributed by atoms with E-state index in [0.717, 1.165) is 5.56 Å². The Balaban J connectivity index is 1.71. The summed E-state index contributed by atoms with van der Waals surface area (Å²) in [6, 6.07) is 16.3. The van der Waals surface area contributed by atoms with E-state index in [0.29, 0.717) is 32.6 Å². The van der Waals surface area contributed by atoms with E-state index >= 15 is 0 Å². The van der Waals surface area contributed by atoms with Crippen LogP contribution in [0.4, 0.5) is 5.88 Å². The molecule has 0 aliphatic rings. The standard InChI is InChI=1S/C21H14Cl2N4O2/c22-15-7-6-14(11-16(15)23)20-19(17-8-9-24-12-25-17)21(29-27-20)26-18(28)10-13-4-2-1-3-5-13/h1-9,11-12H,10H2,(H,26,28). The fraction of sp³-hybridized carbons (Fsp3) is 0.0476. The van der Waals surface area contributed by atoms with Gasteiger partial charge >= 0.3 is 0 Å². The van der Waals surface area contributed by atoms with Crippen molar-refractivity contribution in [1.29, 1.82) is 0 Å². The van der Waals surface area contributed by atoms with Crippen molar-refractivity contribution in [3.8, 4) is 22.5 Å². The Hall–Kier alpha value is -3.22. The molecule has 0 aliphatic carbocycles. The molecule has 0 radical (unpaired) electrons. The SMILES string of the molecule is O=C(Cc1ccccc1)Nc1onc(-c2ccc(Cl)c(Cl)c2)c1-c1ccncn1. The van der Waals surface area contributed by atoms with E-state index in [1.54, 1.807) is 30.5 Å². The molecule has 0 saturated carbocycles. The van der Waals surface area contributed by atoms with E-state index in [1.165, 1.54) is 6.33 Å². The molecule has 0 spiro atoms. The molecule has 1 N–H and O–H groups in total. The van der Waals surface area contributed by atoms with E-state index in [2.05, 4.69) is 20.4 Å². The molecule has 0 fully saturated rings. The zero-order valence-corrected chi connectivity index (χ0v) is 16.5. The second-order valence-corrected chi connectivity index (χ2v) is 6.98. The predicted octanol–water partition coefficient (Wildman–Crippen LogP) is 5.29. The Morgan fingerprint density at radius 1 is 1.03 bits per heavy atom. The maximum atomic E-state index is 12.5. The third-order valence-electron chi connectivity index (χ3n) is 4.18. The molecule has 1 amide bonds. The molecule has 2 heterocycles. The normalized spacial score (nSPS) is 10.7. The van der Waals surface area contributed by atoms with Crippen LogP contribution in [0.3, 0.4) is 0 Å². The lowest BCUT2D eigenvalue weighted by atomic mass is 10.0. The Bertz CT molecular complexity index is 1150. The van der Waals surface area contributed by atoms with Crippen LogP contribution < -0.4 is 5.32 Å². The summed E-state index contributed by atoms with van der Waals surface area (Å²) in [5, 5.41) is 7.74. The van der Waals surface area contributed by atoms with Gasteiger partial charge in [-0.25, -0.2) is 9.97 Å². The van der Waals surface area contributed by atoms with E-state index in [1.807, 2.05) is 30.3 Å². The van der Waals surface area contributed by atoms with Gasteiger partial charge in [-0.3, -0.25) is 10.1 Å². The second-order valence-electron chi connectivity index (χ2n) is 6.17. The molecule has 2 aromatic carbocycles. The summed E-state index contributed by atoms with van der Waals surface area (Å²) in [5.74, 6) is -0.0333. The lowest BCUT2D eigenvalue weighted by molar-refractivity contribution is -0.115. The topological polar surface area (TPSA) is 80.9 Å². The number of anilines is 1. The largest absolute Gasteiger partial charge is 0.337 e. The first kappa shape index (κ1) is 19.1. The zero-order chi connectivity index (χ0) is 20.2. The highest BCUT2D eigenvalue weighted by molar-refractivity contribution is 6.42. The van der Waals surface area contributed by atoms with Gasteiger partial charge in [0.15, 0.2) is 0 Å². The highest BCUT2D eigenvalue weighted by atomic mass is 35.5. The van der Waals surface area contributed by atoms with E-state index in [4.69, 9.17) is 27.7 Å². The number of amides is 1. The number of hydrogen-bond donors (Lipinski definition) is 1. The summed E-state index contributed by atoms with van der Waals surface area (Å²) in [6.07, 6.45) is 3.22. The van der Waals surface area contributed by atoms with Gasteiger partial charge in [-0.2, -0.15) is 0 Å². The number of carbonyl (C=O) groups is 1. The average Bonchev–Trinajstić information content (AvgIpc) is 3.14. The number of rotatable bonds is 5. The van der Waals surface area contributed by atoms with Crippen molar-refractivity contribution in [3.63, 3.8) is 0 Å². The van der Waals surface area contributed by atoms with Crippen molar-refractivity contribution in [3.05, 3.63) is 82.7 Å². The van der Waals surface area contributed by atoms with Gasteiger partial charge in [0, 0.05) is 11.8 Å². The van der Waals surface area contributed by atoms with E-state index < -0.39 is 0 Å². The van der Waals surface area contributed by atoms with Gasteiger partial charge < -0.3 is 4.52 Å². The third-order valence-corrected chi connectivity index (χ3v) is 4.92. The van der Waals surface area contributed by atoms with Gasteiger partial charge in [0.25, 0.3) is 0 Å². The van der Waals surface area contributed by atoms with Crippen LogP contribution >= 0.6 is 23.2 Å². The summed E-state index contributed by atoms with van der Waals surface area (Å²) >= 11 is 12.2. The van der Waals surface area contributed by atoms with Crippen LogP contribution in [0, 0.1) is 0 Å². The molecule has 0 unspecified atom stereocenters. The van der Waals surface area contributed by atoms with E-state index in [9.17, 15) is 4.79 Å². The smallest absolute Gasteiger partial charge is 0.241 e. The van der Waals surface area contributed by atoms with Crippen molar-refractivity contribution >= 4 is 35.0 Å². The average molecular weight is 425 g/mol. The molecule has 4 rings (SSSR count). The first-order chi connectivity index (χ1) is 14.1. The van der Waals surface area contributed by atoms with Gasteiger partial charge in [-0.15, -0.1) is 0 Å². The quantitative estimate of drug-likeness (QED) is 0.470. The molecule has 8 heteroatoms. The van der Waals surface area contributed by atoms with Crippen LogP contribution in [0.15, 0.2) is 71.6 Å². The van der Waals surface area contributed by atoms with Crippen molar-refractivity contribution < 1.29 is 9.32 Å². The van der Waals surface area contributed by atoms with Crippen LogP contribution in [0.5, 0.6) is 0 Å². The first-order valence-corrected chi connectivity index (χ1v) is 9.42. The zero-order valence-electron chi connectivity index (χ0n) is 15.0. The van der Waals surface area contributed by atoms with Gasteiger partial charge in [-0.1, -0.05) is 64.8 Å². The molecule has 0 bridgehead atoms. The molecule has 144 valence electrons. The maximum Gasteiger partial charge on any atom is 0.241 e. The van der Waals surface area contributed by atoms with Crippen molar-refractivity contribution in [1.82, 2.24) is 15.1 Å². The Morgan fingerprint density at radius 2 is 1.86 bits per heavy atom. The van der Waals surface area contributed by atoms with Crippen molar-refractivity contribution in [2.24, 2.45) is 0 Å². The second kappa shape index (κ2) is 8.43. The molecule has 0 atom stereocenters. The number of carbonyl (C=O) groups excluding carboxylic acids is 1. The Morgan fingerprint density at radius 3 is 2.59 bits per heavy atom. The summed E-state index contributed by atoms with van der Waals surface area (Å²) in [4.78, 5) is 20.8. The number of nitrogens with one attached hydrogen (secondary N) is 1. The molecule has 4 aromatic rings. The van der Waals surface area contributed by atoms with Crippen LogP contribution in [-0.4, -0.2) is 21.0 Å². The minimum Gasteiger partial charge on any atom is -0.337 e. The number of aromatic nitrogens is 3. The minimum absolute atomic E-state index is 0.200. The van der Waals surface area contributed by atoms with Gasteiger partial charge in [-0.05, 0) is 23.8 Å². The van der Waals surface area contributed by atoms with Gasteiger partial charge in [0.1, 0.15) is 12.0 Å². The Kier molecular flexibility index (Phi) is 5.55. The minimum atomic E-state index is -0.233. The summed E-state index contributed by atoms with van der Waals surface area (Å²) < 4.78 is 5.46. The molecule has 29 heavy (non-hydrogen) atoms. The highest BCUT2D eigenvalue weighted by Gasteiger charge is 2.22. The highest BCUT2D eigenvalue weighted by Crippen LogP contribution is 2.38. The predicted molar refractivity (Wildman–Crippen MR) is 112 cm³/mol. The van der Waals surface area contributed by atoms with Gasteiger partial charge in [0.2, 0.25) is 11.8 Å². The fourth-order valence-corrected chi connectivity index (χ4v) is 3.14. The number of nitrogens with zero attached hydrogens (tertiary/aromatic N) is 3. The number of benzene rings is 2. The van der Waals surface area contributed by atoms with Gasteiger partial charge in [0.05, 0.1) is 27.7 Å². The molecule has 6 nitrogen and oxygen atoms in total. The fourth-order valence-electron chi connectivity index (χ4n) is 2.84. The number of halogens is 2. The molecular formula is C21H14Cl2N4O2. The van der Waals surface area contributed by atoms with E-state index in [-0.39, 0.29) is 18.2 Å². The number of hydrogen-bond acceptors (Lipinski definition) is 5. The van der Waals surface area contributed by atoms with Crippen molar-refractivity contribution in [2.45, 2.75) is 6.42 Å². The molecule has 0 aliphatic heterocycles. The first-order valence-electron chi connectivity index (χ1n) is 8.67. The molecule has 2 aromatic heterocycles. The Labute approximate surface area is 176 Å². The third kappa shape index (κ3) is 4.29. The monoisotopic (exact) mass is 424 g/mol. The maximum absolute atomic E-state index is 12.5. The molecule has 0 saturated heterocycles. The lowest BCUT2D eigenvalue weighted by Gasteiger charge is -2.06. The van der Waals surface area contributed by atoms with Crippen molar-refractivity contribution in [2.75, 3.05) is 5.32 Å².